The topological polar surface area (TPSA) is 71.1 Å². The molecule has 1 aliphatic heterocycles. The number of carbonyl (C=O) groups is 2. The third kappa shape index (κ3) is 3.12. The summed E-state index contributed by atoms with van der Waals surface area (Å²) in [6, 6.07) is 11.0. The molecule has 7 heteroatoms. The molecule has 2 heterocycles. The van der Waals surface area contributed by atoms with Crippen molar-refractivity contribution in [2.45, 2.75) is 24.0 Å². The lowest BCUT2D eigenvalue weighted by Crippen LogP contribution is -2.26. The van der Waals surface area contributed by atoms with Crippen LogP contribution in [0.1, 0.15) is 22.3 Å². The van der Waals surface area contributed by atoms with Crippen molar-refractivity contribution < 1.29 is 9.59 Å². The van der Waals surface area contributed by atoms with Crippen molar-refractivity contribution in [1.29, 1.82) is 0 Å². The zero-order chi connectivity index (χ0) is 17.6. The first kappa shape index (κ1) is 16.1. The average Bonchev–Trinajstić information content (AvgIpc) is 2.94. The summed E-state index contributed by atoms with van der Waals surface area (Å²) >= 11 is 3.09. The first-order valence-corrected chi connectivity index (χ1v) is 9.49. The molecule has 1 aliphatic rings. The summed E-state index contributed by atoms with van der Waals surface area (Å²) in [5.41, 5.74) is 2.86. The van der Waals surface area contributed by atoms with Crippen LogP contribution in [0.5, 0.6) is 0 Å². The van der Waals surface area contributed by atoms with Crippen molar-refractivity contribution in [3.05, 3.63) is 47.0 Å². The minimum atomic E-state index is -0.207. The fraction of sp³-hybridized carbons (Fsp3) is 0.167. The molecule has 1 atom stereocenters. The van der Waals surface area contributed by atoms with Crippen LogP contribution in [0.15, 0.2) is 41.3 Å². The highest BCUT2D eigenvalue weighted by atomic mass is 32.2. The van der Waals surface area contributed by atoms with Crippen LogP contribution in [0, 0.1) is 6.92 Å². The van der Waals surface area contributed by atoms with Gasteiger partial charge in [0.1, 0.15) is 0 Å². The van der Waals surface area contributed by atoms with Gasteiger partial charge in [0.15, 0.2) is 0 Å². The number of carbonyl (C=O) groups excluding carboxylic acids is 2. The highest BCUT2D eigenvalue weighted by molar-refractivity contribution is 8.00. The molecule has 0 saturated carbocycles. The minimum absolute atomic E-state index is 0.0407. The molecule has 0 bridgehead atoms. The molecule has 0 unspecified atom stereocenters. The van der Waals surface area contributed by atoms with E-state index in [9.17, 15) is 9.59 Å². The number of anilines is 2. The average molecular weight is 369 g/mol. The Kier molecular flexibility index (Phi) is 3.97. The normalized spacial score (nSPS) is 16.4. The van der Waals surface area contributed by atoms with Gasteiger partial charge in [-0.25, -0.2) is 4.98 Å². The monoisotopic (exact) mass is 369 g/mol. The van der Waals surface area contributed by atoms with E-state index in [0.29, 0.717) is 11.3 Å². The number of fused-ring (bicyclic) bond motifs is 2. The van der Waals surface area contributed by atoms with Crippen LogP contribution < -0.4 is 10.6 Å². The maximum atomic E-state index is 12.5. The second-order valence-electron chi connectivity index (χ2n) is 5.83. The largest absolute Gasteiger partial charge is 0.324 e. The molecule has 4 rings (SSSR count). The predicted molar refractivity (Wildman–Crippen MR) is 103 cm³/mol. The molecule has 0 radical (unpaired) electrons. The summed E-state index contributed by atoms with van der Waals surface area (Å²) in [5.74, 6) is -0.248. The van der Waals surface area contributed by atoms with Crippen molar-refractivity contribution in [1.82, 2.24) is 4.98 Å². The van der Waals surface area contributed by atoms with Gasteiger partial charge in [-0.3, -0.25) is 9.59 Å². The van der Waals surface area contributed by atoms with Crippen LogP contribution in [0.3, 0.4) is 0 Å². The Morgan fingerprint density at radius 3 is 2.92 bits per heavy atom. The molecular formula is C18H15N3O2S2. The van der Waals surface area contributed by atoms with Crippen LogP contribution >= 0.6 is 23.1 Å². The van der Waals surface area contributed by atoms with Crippen molar-refractivity contribution in [3.8, 4) is 0 Å². The van der Waals surface area contributed by atoms with Crippen molar-refractivity contribution in [2.75, 3.05) is 10.6 Å². The number of hydrogen-bond donors (Lipinski definition) is 2. The molecule has 2 N–H and O–H groups in total. The Morgan fingerprint density at radius 1 is 1.24 bits per heavy atom. The fourth-order valence-electron chi connectivity index (χ4n) is 2.67. The lowest BCUT2D eigenvalue weighted by Gasteiger charge is -2.21. The molecule has 1 aromatic heterocycles. The number of nitrogens with zero attached hydrogens (tertiary/aromatic N) is 1. The Morgan fingerprint density at radius 2 is 2.08 bits per heavy atom. The summed E-state index contributed by atoms with van der Waals surface area (Å²) in [6.07, 6.45) is 0. The highest BCUT2D eigenvalue weighted by Crippen LogP contribution is 2.36. The molecule has 2 aromatic carbocycles. The molecule has 5 nitrogen and oxygen atoms in total. The van der Waals surface area contributed by atoms with E-state index in [1.807, 2.05) is 38.1 Å². The van der Waals surface area contributed by atoms with Crippen LogP contribution in [0.2, 0.25) is 0 Å². The first-order chi connectivity index (χ1) is 12.0. The highest BCUT2D eigenvalue weighted by Gasteiger charge is 2.23. The number of thioether (sulfide) groups is 1. The van der Waals surface area contributed by atoms with Gasteiger partial charge in [0.2, 0.25) is 5.91 Å². The van der Waals surface area contributed by atoms with Crippen LogP contribution in [-0.2, 0) is 4.79 Å². The Bertz CT molecular complexity index is 1010. The van der Waals surface area contributed by atoms with Gasteiger partial charge in [-0.2, -0.15) is 0 Å². The van der Waals surface area contributed by atoms with Gasteiger partial charge in [-0.15, -0.1) is 23.1 Å². The van der Waals surface area contributed by atoms with Gasteiger partial charge in [0.25, 0.3) is 5.91 Å². The lowest BCUT2D eigenvalue weighted by atomic mass is 10.1. The molecule has 0 fully saturated rings. The Labute approximate surface area is 152 Å². The van der Waals surface area contributed by atoms with Crippen LogP contribution in [0.25, 0.3) is 10.2 Å². The molecule has 0 aliphatic carbocycles. The SMILES string of the molecule is Cc1nc2ccc(NC(=O)c3ccc4c(c3)NC(=O)[C@@H](C)S4)cc2s1. The molecule has 3 aromatic rings. The van der Waals surface area contributed by atoms with Crippen molar-refractivity contribution in [2.24, 2.45) is 0 Å². The van der Waals surface area contributed by atoms with Gasteiger partial charge < -0.3 is 10.6 Å². The second kappa shape index (κ2) is 6.16. The zero-order valence-electron chi connectivity index (χ0n) is 13.6. The summed E-state index contributed by atoms with van der Waals surface area (Å²) < 4.78 is 1.04. The van der Waals surface area contributed by atoms with E-state index in [1.165, 1.54) is 11.8 Å². The second-order valence-corrected chi connectivity index (χ2v) is 8.45. The van der Waals surface area contributed by atoms with Gasteiger partial charge in [0.05, 0.1) is 26.2 Å². The maximum Gasteiger partial charge on any atom is 0.255 e. The third-order valence-electron chi connectivity index (χ3n) is 3.93. The van der Waals surface area contributed by atoms with Gasteiger partial charge in [-0.1, -0.05) is 0 Å². The van der Waals surface area contributed by atoms with E-state index >= 15 is 0 Å². The van der Waals surface area contributed by atoms with Crippen molar-refractivity contribution in [3.63, 3.8) is 0 Å². The number of rotatable bonds is 2. The number of thiazole rings is 1. The number of amides is 2. The van der Waals surface area contributed by atoms with Gasteiger partial charge in [-0.05, 0) is 50.2 Å². The summed E-state index contributed by atoms with van der Waals surface area (Å²) in [6.45, 7) is 3.82. The predicted octanol–water partition coefficient (Wildman–Crippen LogP) is 4.29. The third-order valence-corrected chi connectivity index (χ3v) is 6.04. The summed E-state index contributed by atoms with van der Waals surface area (Å²) in [5, 5.41) is 6.63. The quantitative estimate of drug-likeness (QED) is 0.707. The number of aromatic nitrogens is 1. The van der Waals surface area contributed by atoms with E-state index in [4.69, 9.17) is 0 Å². The molecule has 0 saturated heterocycles. The van der Waals surface area contributed by atoms with Crippen molar-refractivity contribution >= 4 is 56.5 Å². The molecule has 0 spiro atoms. The number of hydrogen-bond acceptors (Lipinski definition) is 5. The van der Waals surface area contributed by atoms with E-state index in [1.54, 1.807) is 23.5 Å². The van der Waals surface area contributed by atoms with E-state index < -0.39 is 0 Å². The van der Waals surface area contributed by atoms with E-state index in [0.717, 1.165) is 25.8 Å². The lowest BCUT2D eigenvalue weighted by molar-refractivity contribution is -0.115. The molecule has 126 valence electrons. The number of nitrogens with one attached hydrogen (secondary N) is 2. The molecule has 25 heavy (non-hydrogen) atoms. The number of aryl methyl sites for hydroxylation is 1. The maximum absolute atomic E-state index is 12.5. The summed E-state index contributed by atoms with van der Waals surface area (Å²) in [7, 11) is 0. The smallest absolute Gasteiger partial charge is 0.255 e. The Hall–Kier alpha value is -2.38. The van der Waals surface area contributed by atoms with Gasteiger partial charge in [0, 0.05) is 16.1 Å². The van der Waals surface area contributed by atoms with Gasteiger partial charge >= 0.3 is 0 Å². The number of benzene rings is 2. The first-order valence-electron chi connectivity index (χ1n) is 7.80. The Balaban J connectivity index is 1.58. The molecule has 2 amide bonds. The summed E-state index contributed by atoms with van der Waals surface area (Å²) in [4.78, 5) is 29.8. The fourth-order valence-corrected chi connectivity index (χ4v) is 4.47. The van der Waals surface area contributed by atoms with E-state index in [2.05, 4.69) is 15.6 Å². The zero-order valence-corrected chi connectivity index (χ0v) is 15.3. The van der Waals surface area contributed by atoms with Crippen LogP contribution in [0.4, 0.5) is 11.4 Å². The standard InChI is InChI=1S/C18H15N3O2S2/c1-9-17(22)21-14-7-11(3-6-15(14)24-9)18(23)20-12-4-5-13-16(8-12)25-10(2)19-13/h3-9H,1-2H3,(H,20,23)(H,21,22)/t9-/m1/s1. The van der Waals surface area contributed by atoms with E-state index in [-0.39, 0.29) is 17.1 Å². The molecular weight excluding hydrogens is 354 g/mol. The minimum Gasteiger partial charge on any atom is -0.324 e. The van der Waals surface area contributed by atoms with Crippen LogP contribution in [-0.4, -0.2) is 22.0 Å².